The van der Waals surface area contributed by atoms with Gasteiger partial charge in [-0.3, -0.25) is 0 Å². The predicted octanol–water partition coefficient (Wildman–Crippen LogP) is 3.53. The second-order valence-corrected chi connectivity index (χ2v) is 4.04. The number of halogens is 2. The second kappa shape index (κ2) is 4.79. The molecule has 0 atom stereocenters. The van der Waals surface area contributed by atoms with Crippen molar-refractivity contribution < 1.29 is 9.13 Å². The van der Waals surface area contributed by atoms with Gasteiger partial charge in [0.05, 0.1) is 10.2 Å². The lowest BCUT2D eigenvalue weighted by Gasteiger charge is -2.09. The fraction of sp³-hybridized carbons (Fsp3) is 0.400. The van der Waals surface area contributed by atoms with Crippen LogP contribution < -0.4 is 4.74 Å². The van der Waals surface area contributed by atoms with Gasteiger partial charge in [-0.05, 0) is 53.6 Å². The Morgan fingerprint density at radius 1 is 1.46 bits per heavy atom. The quantitative estimate of drug-likeness (QED) is 0.775. The molecule has 0 aliphatic carbocycles. The lowest BCUT2D eigenvalue weighted by Crippen LogP contribution is -1.99. The zero-order chi connectivity index (χ0) is 9.84. The third-order valence-electron chi connectivity index (χ3n) is 1.64. The first-order valence-electron chi connectivity index (χ1n) is 4.23. The van der Waals surface area contributed by atoms with Gasteiger partial charge in [0, 0.05) is 0 Å². The monoisotopic (exact) mass is 294 g/mol. The van der Waals surface area contributed by atoms with Crippen LogP contribution in [0.4, 0.5) is 4.39 Å². The lowest BCUT2D eigenvalue weighted by molar-refractivity contribution is 0.312. The van der Waals surface area contributed by atoms with Crippen molar-refractivity contribution in [2.45, 2.75) is 20.3 Å². The molecular weight excluding hydrogens is 282 g/mol. The van der Waals surface area contributed by atoms with Crippen molar-refractivity contribution in [1.29, 1.82) is 0 Å². The zero-order valence-electron chi connectivity index (χ0n) is 7.73. The molecule has 1 rings (SSSR count). The first kappa shape index (κ1) is 10.8. The maximum atomic E-state index is 12.9. The second-order valence-electron chi connectivity index (χ2n) is 2.88. The van der Waals surface area contributed by atoms with Crippen LogP contribution in [0.2, 0.25) is 0 Å². The summed E-state index contributed by atoms with van der Waals surface area (Å²) in [6, 6.07) is 2.98. The van der Waals surface area contributed by atoms with Crippen LogP contribution in [-0.4, -0.2) is 6.61 Å². The number of ether oxygens (including phenoxy) is 1. The molecule has 0 saturated carbocycles. The SMILES string of the molecule is CCCOc1c(C)cc(F)cc1I. The summed E-state index contributed by atoms with van der Waals surface area (Å²) in [7, 11) is 0. The van der Waals surface area contributed by atoms with Gasteiger partial charge in [-0.1, -0.05) is 6.92 Å². The summed E-state index contributed by atoms with van der Waals surface area (Å²) in [4.78, 5) is 0. The van der Waals surface area contributed by atoms with Gasteiger partial charge in [-0.2, -0.15) is 0 Å². The molecule has 0 unspecified atom stereocenters. The molecule has 0 radical (unpaired) electrons. The van der Waals surface area contributed by atoms with Crippen molar-refractivity contribution in [2.24, 2.45) is 0 Å². The molecule has 0 aromatic heterocycles. The third kappa shape index (κ3) is 2.83. The van der Waals surface area contributed by atoms with Gasteiger partial charge in [-0.15, -0.1) is 0 Å². The number of rotatable bonds is 3. The summed E-state index contributed by atoms with van der Waals surface area (Å²) in [5.74, 6) is 0.606. The Morgan fingerprint density at radius 2 is 2.15 bits per heavy atom. The van der Waals surface area contributed by atoms with E-state index in [1.807, 2.05) is 13.8 Å². The van der Waals surface area contributed by atoms with Crippen molar-refractivity contribution in [3.8, 4) is 5.75 Å². The number of benzene rings is 1. The first-order chi connectivity index (χ1) is 6.15. The van der Waals surface area contributed by atoms with Gasteiger partial charge in [-0.25, -0.2) is 4.39 Å². The molecule has 13 heavy (non-hydrogen) atoms. The van der Waals surface area contributed by atoms with Crippen LogP contribution in [-0.2, 0) is 0 Å². The van der Waals surface area contributed by atoms with Crippen LogP contribution in [0.25, 0.3) is 0 Å². The highest BCUT2D eigenvalue weighted by atomic mass is 127. The molecule has 1 nitrogen and oxygen atoms in total. The van der Waals surface area contributed by atoms with E-state index in [2.05, 4.69) is 22.6 Å². The Bertz CT molecular complexity index is 276. The highest BCUT2D eigenvalue weighted by Crippen LogP contribution is 2.26. The lowest BCUT2D eigenvalue weighted by atomic mass is 10.2. The summed E-state index contributed by atoms with van der Waals surface area (Å²) in [6.45, 7) is 4.59. The largest absolute Gasteiger partial charge is 0.492 e. The Balaban J connectivity index is 2.92. The van der Waals surface area contributed by atoms with Crippen LogP contribution in [0.5, 0.6) is 5.75 Å². The van der Waals surface area contributed by atoms with E-state index in [1.54, 1.807) is 0 Å². The summed E-state index contributed by atoms with van der Waals surface area (Å²) >= 11 is 2.09. The van der Waals surface area contributed by atoms with Gasteiger partial charge in [0.15, 0.2) is 0 Å². The molecule has 0 aliphatic rings. The highest BCUT2D eigenvalue weighted by molar-refractivity contribution is 14.1. The number of hydrogen-bond donors (Lipinski definition) is 0. The van der Waals surface area contributed by atoms with Gasteiger partial charge < -0.3 is 4.74 Å². The minimum Gasteiger partial charge on any atom is -0.492 e. The van der Waals surface area contributed by atoms with Crippen molar-refractivity contribution in [3.05, 3.63) is 27.1 Å². The van der Waals surface area contributed by atoms with E-state index in [9.17, 15) is 4.39 Å². The normalized spacial score (nSPS) is 10.2. The van der Waals surface area contributed by atoms with Crippen LogP contribution in [0.15, 0.2) is 12.1 Å². The summed E-state index contributed by atoms with van der Waals surface area (Å²) in [5, 5.41) is 0. The zero-order valence-corrected chi connectivity index (χ0v) is 9.89. The van der Waals surface area contributed by atoms with E-state index in [1.165, 1.54) is 12.1 Å². The van der Waals surface area contributed by atoms with Gasteiger partial charge >= 0.3 is 0 Å². The highest BCUT2D eigenvalue weighted by Gasteiger charge is 2.06. The fourth-order valence-electron chi connectivity index (χ4n) is 1.08. The van der Waals surface area contributed by atoms with E-state index in [4.69, 9.17) is 4.74 Å². The van der Waals surface area contributed by atoms with Crippen molar-refractivity contribution in [2.75, 3.05) is 6.61 Å². The third-order valence-corrected chi connectivity index (χ3v) is 2.45. The molecule has 0 heterocycles. The maximum Gasteiger partial charge on any atom is 0.135 e. The first-order valence-corrected chi connectivity index (χ1v) is 5.31. The van der Waals surface area contributed by atoms with Gasteiger partial charge in [0.2, 0.25) is 0 Å². The van der Waals surface area contributed by atoms with E-state index < -0.39 is 0 Å². The molecule has 0 fully saturated rings. The average Bonchev–Trinajstić information content (AvgIpc) is 2.02. The van der Waals surface area contributed by atoms with Gasteiger partial charge in [0.1, 0.15) is 11.6 Å². The minimum absolute atomic E-state index is 0.203. The Kier molecular flexibility index (Phi) is 3.96. The fourth-order valence-corrected chi connectivity index (χ4v) is 1.95. The van der Waals surface area contributed by atoms with Crippen molar-refractivity contribution in [3.63, 3.8) is 0 Å². The summed E-state index contributed by atoms with van der Waals surface area (Å²) in [5.41, 5.74) is 0.859. The van der Waals surface area contributed by atoms with Crippen LogP contribution in [0.1, 0.15) is 18.9 Å². The molecule has 0 saturated heterocycles. The molecule has 3 heteroatoms. The smallest absolute Gasteiger partial charge is 0.135 e. The van der Waals surface area contributed by atoms with E-state index in [-0.39, 0.29) is 5.82 Å². The molecule has 72 valence electrons. The van der Waals surface area contributed by atoms with Crippen LogP contribution >= 0.6 is 22.6 Å². The van der Waals surface area contributed by atoms with Crippen molar-refractivity contribution >= 4 is 22.6 Å². The van der Waals surface area contributed by atoms with Crippen molar-refractivity contribution in [1.82, 2.24) is 0 Å². The molecule has 1 aromatic carbocycles. The maximum absolute atomic E-state index is 12.9. The Hall–Kier alpha value is -0.320. The number of hydrogen-bond acceptors (Lipinski definition) is 1. The predicted molar refractivity (Wildman–Crippen MR) is 59.6 cm³/mol. The molecular formula is C10H12FIO. The van der Waals surface area contributed by atoms with E-state index >= 15 is 0 Å². The molecule has 1 aromatic rings. The molecule has 0 N–H and O–H groups in total. The van der Waals surface area contributed by atoms with E-state index in [0.29, 0.717) is 6.61 Å². The topological polar surface area (TPSA) is 9.23 Å². The van der Waals surface area contributed by atoms with Gasteiger partial charge in [0.25, 0.3) is 0 Å². The molecule has 0 amide bonds. The minimum atomic E-state index is -0.203. The Morgan fingerprint density at radius 3 is 2.69 bits per heavy atom. The van der Waals surface area contributed by atoms with E-state index in [0.717, 1.165) is 21.3 Å². The number of aryl methyl sites for hydroxylation is 1. The van der Waals surface area contributed by atoms with Crippen LogP contribution in [0, 0.1) is 16.3 Å². The summed E-state index contributed by atoms with van der Waals surface area (Å²) in [6.07, 6.45) is 0.965. The molecule has 0 spiro atoms. The average molecular weight is 294 g/mol. The van der Waals surface area contributed by atoms with Crippen LogP contribution in [0.3, 0.4) is 0 Å². The molecule has 0 aliphatic heterocycles. The Labute approximate surface area is 91.4 Å². The molecule has 0 bridgehead atoms. The summed E-state index contributed by atoms with van der Waals surface area (Å²) < 4.78 is 19.2. The standard InChI is InChI=1S/C10H12FIO/c1-3-4-13-10-7(2)5-8(11)6-9(10)12/h5-6H,3-4H2,1-2H3.